The lowest BCUT2D eigenvalue weighted by atomic mass is 10.0. The number of nitrogens with one attached hydrogen (secondary N) is 1. The second kappa shape index (κ2) is 7.91. The fourth-order valence-corrected chi connectivity index (χ4v) is 3.87. The first-order valence-corrected chi connectivity index (χ1v) is 10.3. The van der Waals surface area contributed by atoms with Crippen LogP contribution in [0.2, 0.25) is 0 Å². The van der Waals surface area contributed by atoms with Crippen molar-refractivity contribution in [1.82, 2.24) is 34.7 Å². The molecule has 1 N–H and O–H groups in total. The number of rotatable bonds is 4. The Bertz CT molecular complexity index is 1460. The fourth-order valence-electron chi connectivity index (χ4n) is 3.87. The van der Waals surface area contributed by atoms with Crippen LogP contribution in [-0.4, -0.2) is 41.2 Å². The molecule has 0 saturated carbocycles. The van der Waals surface area contributed by atoms with Crippen LogP contribution in [-0.2, 0) is 6.18 Å². The van der Waals surface area contributed by atoms with Crippen LogP contribution in [0.5, 0.6) is 0 Å². The predicted octanol–water partition coefficient (Wildman–Crippen LogP) is 2.76. The number of hydrogen-bond acceptors (Lipinski definition) is 8. The van der Waals surface area contributed by atoms with Crippen LogP contribution in [0.25, 0.3) is 11.0 Å². The Morgan fingerprint density at radius 2 is 2.00 bits per heavy atom. The van der Waals surface area contributed by atoms with Crippen LogP contribution in [0.3, 0.4) is 0 Å². The van der Waals surface area contributed by atoms with Gasteiger partial charge in [-0.15, -0.1) is 0 Å². The normalized spacial score (nSPS) is 16.8. The van der Waals surface area contributed by atoms with Crippen molar-refractivity contribution >= 4 is 17.0 Å². The first-order valence-electron chi connectivity index (χ1n) is 10.3. The number of fused-ring (bicyclic) bond motifs is 1. The van der Waals surface area contributed by atoms with Crippen LogP contribution < -0.4 is 10.5 Å². The molecule has 2 unspecified atom stereocenters. The number of halogens is 3. The third kappa shape index (κ3) is 3.53. The number of pyridine rings is 1. The zero-order valence-electron chi connectivity index (χ0n) is 17.7. The van der Waals surface area contributed by atoms with E-state index in [2.05, 4.69) is 30.0 Å². The van der Waals surface area contributed by atoms with Gasteiger partial charge in [0.05, 0.1) is 12.1 Å². The molecule has 2 atom stereocenters. The number of anilines is 1. The molecule has 4 aromatic rings. The van der Waals surface area contributed by atoms with Gasteiger partial charge in [0.15, 0.2) is 17.2 Å². The average Bonchev–Trinajstić information content (AvgIpc) is 3.17. The second-order valence-electron chi connectivity index (χ2n) is 7.75. The Kier molecular flexibility index (Phi) is 5.00. The van der Waals surface area contributed by atoms with Gasteiger partial charge in [0.2, 0.25) is 5.95 Å². The van der Waals surface area contributed by atoms with Gasteiger partial charge >= 0.3 is 6.18 Å². The monoisotopic (exact) mass is 467 g/mol. The Morgan fingerprint density at radius 1 is 1.24 bits per heavy atom. The van der Waals surface area contributed by atoms with E-state index in [4.69, 9.17) is 0 Å². The molecule has 10 nitrogen and oxygen atoms in total. The highest BCUT2D eigenvalue weighted by atomic mass is 19.4. The number of aromatic nitrogens is 7. The number of hydrogen-bond donors (Lipinski definition) is 1. The summed E-state index contributed by atoms with van der Waals surface area (Å²) in [5, 5.41) is 13.7. The van der Waals surface area contributed by atoms with E-state index in [0.717, 1.165) is 18.7 Å². The van der Waals surface area contributed by atoms with Gasteiger partial charge < -0.3 is 4.90 Å². The number of alkyl halides is 3. The molecule has 0 aliphatic carbocycles. The zero-order valence-corrected chi connectivity index (χ0v) is 17.7. The van der Waals surface area contributed by atoms with Gasteiger partial charge in [-0.2, -0.15) is 28.5 Å². The topological polar surface area (TPSA) is 129 Å². The maximum Gasteiger partial charge on any atom is 0.433 e. The Balaban J connectivity index is 1.57. The summed E-state index contributed by atoms with van der Waals surface area (Å²) in [6.07, 6.45) is 0.564. The number of aromatic amines is 1. The standard InChI is InChI=1S/C21H16F3N9O/c1-11(12-3-4-15(28-10-12)21(22,23)24)33-18-16(13(9-25)31-33)19(34)30-20(29-18)32-8-5-14(32)17-26-6-2-7-27-17/h2-4,6-7,10-11,14H,5,8H2,1H3,(H,29,30,34). The molecule has 172 valence electrons. The van der Waals surface area contributed by atoms with Crippen molar-refractivity contribution in [3.05, 3.63) is 69.9 Å². The maximum absolute atomic E-state index is 12.9. The number of nitrogens with zero attached hydrogens (tertiary/aromatic N) is 8. The van der Waals surface area contributed by atoms with E-state index in [0.29, 0.717) is 17.9 Å². The third-order valence-corrected chi connectivity index (χ3v) is 5.76. The molecule has 1 aliphatic heterocycles. The summed E-state index contributed by atoms with van der Waals surface area (Å²) in [6.45, 7) is 2.28. The first-order chi connectivity index (χ1) is 16.3. The molecule has 4 aromatic heterocycles. The molecule has 0 radical (unpaired) electrons. The zero-order chi connectivity index (χ0) is 24.0. The summed E-state index contributed by atoms with van der Waals surface area (Å²) < 4.78 is 40.0. The first kappa shape index (κ1) is 21.5. The van der Waals surface area contributed by atoms with Crippen LogP contribution in [0.15, 0.2) is 41.6 Å². The van der Waals surface area contributed by atoms with Crippen molar-refractivity contribution in [3.8, 4) is 6.07 Å². The lowest BCUT2D eigenvalue weighted by Gasteiger charge is -2.40. The molecule has 34 heavy (non-hydrogen) atoms. The van der Waals surface area contributed by atoms with E-state index < -0.39 is 23.5 Å². The van der Waals surface area contributed by atoms with Gasteiger partial charge in [-0.3, -0.25) is 14.8 Å². The highest BCUT2D eigenvalue weighted by molar-refractivity contribution is 5.81. The van der Waals surface area contributed by atoms with Gasteiger partial charge in [-0.25, -0.2) is 14.6 Å². The van der Waals surface area contributed by atoms with Gasteiger partial charge in [0.1, 0.15) is 17.1 Å². The van der Waals surface area contributed by atoms with Crippen molar-refractivity contribution in [2.24, 2.45) is 0 Å². The molecule has 5 rings (SSSR count). The summed E-state index contributed by atoms with van der Waals surface area (Å²) in [5.74, 6) is 0.858. The lowest BCUT2D eigenvalue weighted by molar-refractivity contribution is -0.141. The van der Waals surface area contributed by atoms with Crippen LogP contribution >= 0.6 is 0 Å². The molecular weight excluding hydrogens is 451 g/mol. The van der Waals surface area contributed by atoms with Gasteiger partial charge in [0.25, 0.3) is 5.56 Å². The van der Waals surface area contributed by atoms with Crippen molar-refractivity contribution in [2.45, 2.75) is 31.6 Å². The maximum atomic E-state index is 12.9. The summed E-state index contributed by atoms with van der Waals surface area (Å²) in [6, 6.07) is 4.93. The van der Waals surface area contributed by atoms with E-state index in [9.17, 15) is 23.2 Å². The molecule has 13 heteroatoms. The van der Waals surface area contributed by atoms with Crippen LogP contribution in [0.1, 0.15) is 48.2 Å². The molecule has 0 bridgehead atoms. The Labute approximate surface area is 189 Å². The van der Waals surface area contributed by atoms with Crippen molar-refractivity contribution < 1.29 is 13.2 Å². The van der Waals surface area contributed by atoms with Gasteiger partial charge in [-0.1, -0.05) is 6.07 Å². The van der Waals surface area contributed by atoms with Crippen molar-refractivity contribution in [3.63, 3.8) is 0 Å². The smallest absolute Gasteiger partial charge is 0.332 e. The molecule has 1 aliphatic rings. The SMILES string of the molecule is CC(c1ccc(C(F)(F)F)nc1)n1nc(C#N)c2c(=O)[nH]c(N3CCC3c3ncccn3)nc21. The summed E-state index contributed by atoms with van der Waals surface area (Å²) in [4.78, 5) is 34.0. The van der Waals surface area contributed by atoms with E-state index >= 15 is 0 Å². The number of nitriles is 1. The van der Waals surface area contributed by atoms with Crippen LogP contribution in [0.4, 0.5) is 19.1 Å². The minimum atomic E-state index is -4.56. The Morgan fingerprint density at radius 3 is 2.59 bits per heavy atom. The molecular formula is C21H16F3N9O. The van der Waals surface area contributed by atoms with E-state index in [1.165, 1.54) is 10.7 Å². The third-order valence-electron chi connectivity index (χ3n) is 5.76. The molecule has 1 saturated heterocycles. The molecule has 1 fully saturated rings. The molecule has 5 heterocycles. The quantitative estimate of drug-likeness (QED) is 0.485. The number of H-pyrrole nitrogens is 1. The highest BCUT2D eigenvalue weighted by Gasteiger charge is 2.35. The van der Waals surface area contributed by atoms with Gasteiger partial charge in [0, 0.05) is 25.1 Å². The van der Waals surface area contributed by atoms with Crippen molar-refractivity contribution in [2.75, 3.05) is 11.4 Å². The van der Waals surface area contributed by atoms with Gasteiger partial charge in [-0.05, 0) is 31.0 Å². The summed E-state index contributed by atoms with van der Waals surface area (Å²) >= 11 is 0. The van der Waals surface area contributed by atoms with E-state index in [1.807, 2.05) is 11.0 Å². The average molecular weight is 467 g/mol. The predicted molar refractivity (Wildman–Crippen MR) is 113 cm³/mol. The van der Waals surface area contributed by atoms with E-state index in [-0.39, 0.29) is 28.7 Å². The molecule has 0 amide bonds. The largest absolute Gasteiger partial charge is 0.433 e. The molecule has 0 spiro atoms. The highest BCUT2D eigenvalue weighted by Crippen LogP contribution is 2.34. The van der Waals surface area contributed by atoms with E-state index in [1.54, 1.807) is 25.4 Å². The summed E-state index contributed by atoms with van der Waals surface area (Å²) in [5.41, 5.74) is -1.14. The summed E-state index contributed by atoms with van der Waals surface area (Å²) in [7, 11) is 0. The second-order valence-corrected chi connectivity index (χ2v) is 7.75. The minimum Gasteiger partial charge on any atom is -0.332 e. The minimum absolute atomic E-state index is 0.00556. The van der Waals surface area contributed by atoms with Crippen LogP contribution in [0, 0.1) is 11.3 Å². The lowest BCUT2D eigenvalue weighted by Crippen LogP contribution is -2.43. The fraction of sp³-hybridized carbons (Fsp3) is 0.286. The molecule has 0 aromatic carbocycles. The Hall–Kier alpha value is -4.34. The van der Waals surface area contributed by atoms with Crippen molar-refractivity contribution in [1.29, 1.82) is 5.26 Å².